The lowest BCUT2D eigenvalue weighted by Crippen LogP contribution is -2.49. The number of likely N-dealkylation sites (N-methyl/N-ethyl adjacent to an activating group) is 1. The highest BCUT2D eigenvalue weighted by Crippen LogP contribution is 2.31. The largest absolute Gasteiger partial charge is 0.488 e. The number of hydrogen-bond donors (Lipinski definition) is 2. The lowest BCUT2D eigenvalue weighted by atomic mass is 9.99. The average Bonchev–Trinajstić information content (AvgIpc) is 2.93. The Labute approximate surface area is 238 Å². The quantitative estimate of drug-likeness (QED) is 0.396. The van der Waals surface area contributed by atoms with Crippen LogP contribution in [0.1, 0.15) is 40.1 Å². The van der Waals surface area contributed by atoms with Crippen LogP contribution in [0.15, 0.2) is 60.9 Å². The molecule has 4 rings (SSSR count). The van der Waals surface area contributed by atoms with Crippen molar-refractivity contribution in [2.75, 3.05) is 32.1 Å². The summed E-state index contributed by atoms with van der Waals surface area (Å²) in [7, 11) is 2.00. The molecule has 0 unspecified atom stereocenters. The van der Waals surface area contributed by atoms with Crippen LogP contribution in [0.4, 0.5) is 5.69 Å². The van der Waals surface area contributed by atoms with Gasteiger partial charge in [0.15, 0.2) is 0 Å². The van der Waals surface area contributed by atoms with Crippen LogP contribution in [0.5, 0.6) is 5.75 Å². The molecule has 3 aromatic rings. The van der Waals surface area contributed by atoms with Crippen LogP contribution in [0, 0.1) is 5.92 Å². The Kier molecular flexibility index (Phi) is 9.45. The van der Waals surface area contributed by atoms with Crippen molar-refractivity contribution in [2.45, 2.75) is 32.5 Å². The number of fused-ring (bicyclic) bond motifs is 1. The van der Waals surface area contributed by atoms with Crippen molar-refractivity contribution in [1.82, 2.24) is 14.8 Å². The second-order valence-electron chi connectivity index (χ2n) is 9.97. The summed E-state index contributed by atoms with van der Waals surface area (Å²) in [5.41, 5.74) is 2.26. The van der Waals surface area contributed by atoms with Gasteiger partial charge in [-0.15, -0.1) is 0 Å². The van der Waals surface area contributed by atoms with Crippen molar-refractivity contribution >= 4 is 40.7 Å². The van der Waals surface area contributed by atoms with Gasteiger partial charge in [-0.25, -0.2) is 0 Å². The Hall–Kier alpha value is -3.17. The standard InChI is InChI=1S/C29H32Cl2N4O4/c1-18-14-35(19(2)17-36)29(38)23-13-22(33-28(37)21-8-10-32-11-9-21)5-7-26(23)39-27(18)16-34(3)15-20-4-6-24(30)25(31)12-20/h4-13,18-19,27,36H,14-17H2,1-3H3,(H,33,37)/t18-,19+,27+/m0/s1. The van der Waals surface area contributed by atoms with Crippen molar-refractivity contribution in [3.63, 3.8) is 0 Å². The maximum absolute atomic E-state index is 13.7. The molecule has 0 bridgehead atoms. The zero-order chi connectivity index (χ0) is 28.1. The lowest BCUT2D eigenvalue weighted by molar-refractivity contribution is 0.0341. The molecular formula is C29H32Cl2N4O4. The molecular weight excluding hydrogens is 539 g/mol. The second-order valence-corrected chi connectivity index (χ2v) is 10.8. The summed E-state index contributed by atoms with van der Waals surface area (Å²) in [4.78, 5) is 34.1. The predicted octanol–water partition coefficient (Wildman–Crippen LogP) is 4.99. The normalized spacial score (nSPS) is 18.1. The molecule has 206 valence electrons. The van der Waals surface area contributed by atoms with Gasteiger partial charge in [0.2, 0.25) is 0 Å². The zero-order valence-electron chi connectivity index (χ0n) is 22.1. The van der Waals surface area contributed by atoms with E-state index < -0.39 is 6.04 Å². The van der Waals surface area contributed by atoms with Gasteiger partial charge in [0.05, 0.1) is 28.3 Å². The molecule has 10 heteroatoms. The number of benzene rings is 2. The smallest absolute Gasteiger partial charge is 0.258 e. The highest BCUT2D eigenvalue weighted by atomic mass is 35.5. The molecule has 0 saturated carbocycles. The van der Waals surface area contributed by atoms with Crippen molar-refractivity contribution < 1.29 is 19.4 Å². The van der Waals surface area contributed by atoms with Crippen LogP contribution < -0.4 is 10.1 Å². The van der Waals surface area contributed by atoms with E-state index >= 15 is 0 Å². The molecule has 0 radical (unpaired) electrons. The number of aliphatic hydroxyl groups is 1. The third-order valence-electron chi connectivity index (χ3n) is 6.79. The van der Waals surface area contributed by atoms with Crippen LogP contribution >= 0.6 is 23.2 Å². The maximum atomic E-state index is 13.7. The lowest BCUT2D eigenvalue weighted by Gasteiger charge is -2.38. The Morgan fingerprint density at radius 2 is 1.92 bits per heavy atom. The number of halogens is 2. The number of pyridine rings is 1. The molecule has 2 N–H and O–H groups in total. The summed E-state index contributed by atoms with van der Waals surface area (Å²) < 4.78 is 6.46. The monoisotopic (exact) mass is 570 g/mol. The Morgan fingerprint density at radius 3 is 2.62 bits per heavy atom. The Morgan fingerprint density at radius 1 is 1.18 bits per heavy atom. The van der Waals surface area contributed by atoms with Gasteiger partial charge in [0.1, 0.15) is 11.9 Å². The van der Waals surface area contributed by atoms with Crippen molar-refractivity contribution in [3.05, 3.63) is 87.7 Å². The number of hydrogen-bond acceptors (Lipinski definition) is 6. The molecule has 2 heterocycles. The number of aromatic nitrogens is 1. The molecule has 1 aromatic heterocycles. The highest BCUT2D eigenvalue weighted by Gasteiger charge is 2.33. The van der Waals surface area contributed by atoms with Gasteiger partial charge in [-0.2, -0.15) is 0 Å². The molecule has 2 amide bonds. The van der Waals surface area contributed by atoms with E-state index in [1.807, 2.05) is 33.0 Å². The van der Waals surface area contributed by atoms with E-state index in [4.69, 9.17) is 27.9 Å². The molecule has 0 saturated heterocycles. The molecule has 2 aromatic carbocycles. The average molecular weight is 572 g/mol. The summed E-state index contributed by atoms with van der Waals surface area (Å²) in [5, 5.41) is 13.8. The topological polar surface area (TPSA) is 95.0 Å². The molecule has 3 atom stereocenters. The number of nitrogens with zero attached hydrogens (tertiary/aromatic N) is 3. The summed E-state index contributed by atoms with van der Waals surface area (Å²) in [6.45, 7) is 5.29. The number of aliphatic hydroxyl groups excluding tert-OH is 1. The fourth-order valence-corrected chi connectivity index (χ4v) is 4.87. The van der Waals surface area contributed by atoms with Gasteiger partial charge in [0, 0.05) is 49.2 Å². The SMILES string of the molecule is C[C@H](CO)N1C[C@H](C)[C@@H](CN(C)Cc2ccc(Cl)c(Cl)c2)Oc2ccc(NC(=O)c3ccncc3)cc2C1=O. The molecule has 1 aliphatic heterocycles. The Bertz CT molecular complexity index is 1320. The van der Waals surface area contributed by atoms with Crippen molar-refractivity contribution in [2.24, 2.45) is 5.92 Å². The number of anilines is 1. The van der Waals surface area contributed by atoms with Gasteiger partial charge in [-0.05, 0) is 62.0 Å². The van der Waals surface area contributed by atoms with E-state index in [1.165, 1.54) is 0 Å². The van der Waals surface area contributed by atoms with Crippen molar-refractivity contribution in [1.29, 1.82) is 0 Å². The summed E-state index contributed by atoms with van der Waals surface area (Å²) in [6, 6.07) is 13.5. The van der Waals surface area contributed by atoms with Crippen LogP contribution in [0.3, 0.4) is 0 Å². The number of nitrogens with one attached hydrogen (secondary N) is 1. The molecule has 8 nitrogen and oxygen atoms in total. The number of carbonyl (C=O) groups is 2. The highest BCUT2D eigenvalue weighted by molar-refractivity contribution is 6.42. The van der Waals surface area contributed by atoms with Crippen LogP contribution in [0.2, 0.25) is 10.0 Å². The van der Waals surface area contributed by atoms with E-state index in [2.05, 4.69) is 15.2 Å². The fourth-order valence-electron chi connectivity index (χ4n) is 4.55. The number of amides is 2. The van der Waals surface area contributed by atoms with E-state index in [9.17, 15) is 14.7 Å². The minimum absolute atomic E-state index is 0.0292. The zero-order valence-corrected chi connectivity index (χ0v) is 23.6. The summed E-state index contributed by atoms with van der Waals surface area (Å²) >= 11 is 12.3. The second kappa shape index (κ2) is 12.8. The number of carbonyl (C=O) groups excluding carboxylic acids is 2. The minimum atomic E-state index is -0.393. The molecule has 0 spiro atoms. The molecule has 39 heavy (non-hydrogen) atoms. The first-order chi connectivity index (χ1) is 18.7. The van der Waals surface area contributed by atoms with E-state index in [0.717, 1.165) is 5.56 Å². The predicted molar refractivity (Wildman–Crippen MR) is 153 cm³/mol. The van der Waals surface area contributed by atoms with Crippen LogP contribution in [0.25, 0.3) is 0 Å². The molecule has 0 fully saturated rings. The Balaban J connectivity index is 1.59. The fraction of sp³-hybridized carbons (Fsp3) is 0.345. The van der Waals surface area contributed by atoms with Gasteiger partial charge in [0.25, 0.3) is 11.8 Å². The third kappa shape index (κ3) is 7.08. The summed E-state index contributed by atoms with van der Waals surface area (Å²) in [6.07, 6.45) is 2.83. The molecule has 1 aliphatic rings. The first kappa shape index (κ1) is 28.8. The summed E-state index contributed by atoms with van der Waals surface area (Å²) in [5.74, 6) is -0.177. The van der Waals surface area contributed by atoms with Gasteiger partial charge in [-0.1, -0.05) is 36.2 Å². The first-order valence-corrected chi connectivity index (χ1v) is 13.5. The molecule has 0 aliphatic carbocycles. The first-order valence-electron chi connectivity index (χ1n) is 12.7. The van der Waals surface area contributed by atoms with Crippen LogP contribution in [-0.2, 0) is 6.54 Å². The van der Waals surface area contributed by atoms with E-state index in [1.54, 1.807) is 53.7 Å². The number of ether oxygens (including phenoxy) is 1. The maximum Gasteiger partial charge on any atom is 0.258 e. The van der Waals surface area contributed by atoms with Gasteiger partial charge < -0.3 is 20.1 Å². The number of rotatable bonds is 8. The van der Waals surface area contributed by atoms with Gasteiger partial charge >= 0.3 is 0 Å². The van der Waals surface area contributed by atoms with Crippen LogP contribution in [-0.4, -0.2) is 70.6 Å². The van der Waals surface area contributed by atoms with E-state index in [0.29, 0.717) is 52.2 Å². The minimum Gasteiger partial charge on any atom is -0.488 e. The van der Waals surface area contributed by atoms with E-state index in [-0.39, 0.29) is 30.4 Å². The third-order valence-corrected chi connectivity index (χ3v) is 7.53. The van der Waals surface area contributed by atoms with Gasteiger partial charge in [-0.3, -0.25) is 19.5 Å². The van der Waals surface area contributed by atoms with Crippen molar-refractivity contribution in [3.8, 4) is 5.75 Å².